The maximum absolute atomic E-state index is 12.1. The Morgan fingerprint density at radius 2 is 1.59 bits per heavy atom. The summed E-state index contributed by atoms with van der Waals surface area (Å²) >= 11 is 0. The summed E-state index contributed by atoms with van der Waals surface area (Å²) in [4.78, 5) is 28.5. The van der Waals surface area contributed by atoms with Gasteiger partial charge >= 0.3 is 12.1 Å². The van der Waals surface area contributed by atoms with Gasteiger partial charge in [0.2, 0.25) is 0 Å². The van der Waals surface area contributed by atoms with Gasteiger partial charge < -0.3 is 24.8 Å². The monoisotopic (exact) mass is 463 g/mol. The van der Waals surface area contributed by atoms with Gasteiger partial charge in [0, 0.05) is 18.3 Å². The lowest BCUT2D eigenvalue weighted by Gasteiger charge is -2.22. The van der Waals surface area contributed by atoms with Crippen LogP contribution < -0.4 is 15.4 Å². The van der Waals surface area contributed by atoms with E-state index in [2.05, 4.69) is 15.6 Å². The standard InChI is InChI=1S/C26H29N3O5/c1-26(2,3)34-25(31)29-22(24(30)32-4)17-18-8-12-20(13-9-18)33-21-14-10-19(11-15-21)28-23-7-5-6-16-27-23/h5-16,22H,17H2,1-4H3,(H,27,28)(H,29,31)/t22-/m1/s1. The van der Waals surface area contributed by atoms with Crippen LogP contribution in [0.1, 0.15) is 26.3 Å². The van der Waals surface area contributed by atoms with Gasteiger partial charge in [0.15, 0.2) is 0 Å². The van der Waals surface area contributed by atoms with Gasteiger partial charge in [-0.15, -0.1) is 0 Å². The molecule has 178 valence electrons. The molecule has 0 unspecified atom stereocenters. The van der Waals surface area contributed by atoms with Crippen LogP contribution in [0.5, 0.6) is 11.5 Å². The van der Waals surface area contributed by atoms with Crippen LogP contribution >= 0.6 is 0 Å². The van der Waals surface area contributed by atoms with Crippen molar-refractivity contribution in [3.8, 4) is 11.5 Å². The first kappa shape index (κ1) is 24.6. The van der Waals surface area contributed by atoms with Gasteiger partial charge in [-0.1, -0.05) is 18.2 Å². The number of aromatic nitrogens is 1. The lowest BCUT2D eigenvalue weighted by atomic mass is 10.1. The van der Waals surface area contributed by atoms with Crippen LogP contribution in [0.2, 0.25) is 0 Å². The minimum absolute atomic E-state index is 0.250. The van der Waals surface area contributed by atoms with Gasteiger partial charge in [0.1, 0.15) is 29.0 Å². The predicted molar refractivity (Wildman–Crippen MR) is 129 cm³/mol. The molecular weight excluding hydrogens is 434 g/mol. The molecule has 8 nitrogen and oxygen atoms in total. The third-order valence-electron chi connectivity index (χ3n) is 4.57. The number of alkyl carbamates (subject to hydrolysis) is 1. The van der Waals surface area contributed by atoms with Gasteiger partial charge in [-0.05, 0) is 74.9 Å². The molecule has 2 N–H and O–H groups in total. The molecule has 1 heterocycles. The Hall–Kier alpha value is -4.07. The Morgan fingerprint density at radius 1 is 0.941 bits per heavy atom. The quantitative estimate of drug-likeness (QED) is 0.442. The summed E-state index contributed by atoms with van der Waals surface area (Å²) in [5, 5.41) is 5.79. The average molecular weight is 464 g/mol. The molecule has 0 bridgehead atoms. The summed E-state index contributed by atoms with van der Waals surface area (Å²) in [6.07, 6.45) is 1.30. The summed E-state index contributed by atoms with van der Waals surface area (Å²) in [6.45, 7) is 5.26. The second-order valence-electron chi connectivity index (χ2n) is 8.54. The van der Waals surface area contributed by atoms with E-state index >= 15 is 0 Å². The molecule has 0 saturated heterocycles. The van der Waals surface area contributed by atoms with Crippen molar-refractivity contribution in [1.82, 2.24) is 10.3 Å². The topological polar surface area (TPSA) is 98.8 Å². The number of pyridine rings is 1. The molecular formula is C26H29N3O5. The Morgan fingerprint density at radius 3 is 2.15 bits per heavy atom. The lowest BCUT2D eigenvalue weighted by molar-refractivity contribution is -0.143. The fourth-order valence-corrected chi connectivity index (χ4v) is 3.04. The summed E-state index contributed by atoms with van der Waals surface area (Å²) in [6, 6.07) is 19.6. The number of nitrogens with zero attached hydrogens (tertiary/aromatic N) is 1. The van der Waals surface area contributed by atoms with Crippen LogP contribution in [-0.4, -0.2) is 35.8 Å². The second kappa shape index (κ2) is 11.2. The van der Waals surface area contributed by atoms with E-state index in [4.69, 9.17) is 14.2 Å². The van der Waals surface area contributed by atoms with Gasteiger partial charge in [-0.3, -0.25) is 0 Å². The van der Waals surface area contributed by atoms with E-state index in [1.54, 1.807) is 39.1 Å². The molecule has 1 amide bonds. The molecule has 0 aliphatic carbocycles. The summed E-state index contributed by atoms with van der Waals surface area (Å²) in [5.74, 6) is 1.53. The van der Waals surface area contributed by atoms with Crippen LogP contribution in [0.15, 0.2) is 72.9 Å². The molecule has 1 atom stereocenters. The number of hydrogen-bond donors (Lipinski definition) is 2. The molecule has 0 saturated carbocycles. The maximum atomic E-state index is 12.1. The largest absolute Gasteiger partial charge is 0.467 e. The van der Waals surface area contributed by atoms with Crippen molar-refractivity contribution in [3.05, 3.63) is 78.5 Å². The SMILES string of the molecule is COC(=O)[C@@H](Cc1ccc(Oc2ccc(Nc3ccccn3)cc2)cc1)NC(=O)OC(C)(C)C. The summed E-state index contributed by atoms with van der Waals surface area (Å²) < 4.78 is 16.0. The fraction of sp³-hybridized carbons (Fsp3) is 0.269. The number of carbonyl (C=O) groups excluding carboxylic acids is 2. The number of nitrogens with one attached hydrogen (secondary N) is 2. The van der Waals surface area contributed by atoms with Crippen LogP contribution in [0.3, 0.4) is 0 Å². The van der Waals surface area contributed by atoms with Crippen molar-refractivity contribution in [3.63, 3.8) is 0 Å². The van der Waals surface area contributed by atoms with Crippen LogP contribution in [-0.2, 0) is 20.7 Å². The van der Waals surface area contributed by atoms with Crippen molar-refractivity contribution < 1.29 is 23.8 Å². The van der Waals surface area contributed by atoms with E-state index in [-0.39, 0.29) is 6.42 Å². The first-order valence-corrected chi connectivity index (χ1v) is 10.8. The number of carbonyl (C=O) groups is 2. The molecule has 8 heteroatoms. The summed E-state index contributed by atoms with van der Waals surface area (Å²) in [7, 11) is 1.28. The Labute approximate surface area is 199 Å². The number of hydrogen-bond acceptors (Lipinski definition) is 7. The number of esters is 1. The number of anilines is 2. The zero-order valence-corrected chi connectivity index (χ0v) is 19.7. The summed E-state index contributed by atoms with van der Waals surface area (Å²) in [5.41, 5.74) is 1.05. The number of amides is 1. The van der Waals surface area contributed by atoms with Crippen LogP contribution in [0, 0.1) is 0 Å². The van der Waals surface area contributed by atoms with E-state index in [0.717, 1.165) is 17.1 Å². The number of benzene rings is 2. The van der Waals surface area contributed by atoms with E-state index in [0.29, 0.717) is 11.5 Å². The number of rotatable bonds is 8. The highest BCUT2D eigenvalue weighted by molar-refractivity contribution is 5.81. The third kappa shape index (κ3) is 7.81. The van der Waals surface area contributed by atoms with Crippen molar-refractivity contribution >= 4 is 23.6 Å². The van der Waals surface area contributed by atoms with Gasteiger partial charge in [-0.2, -0.15) is 0 Å². The molecule has 1 aromatic heterocycles. The normalized spacial score (nSPS) is 11.8. The van der Waals surface area contributed by atoms with Gasteiger partial charge in [0.05, 0.1) is 7.11 Å². The first-order valence-electron chi connectivity index (χ1n) is 10.8. The van der Waals surface area contributed by atoms with Crippen LogP contribution in [0.4, 0.5) is 16.3 Å². The highest BCUT2D eigenvalue weighted by Gasteiger charge is 2.25. The molecule has 0 aliphatic heterocycles. The minimum atomic E-state index is -0.870. The minimum Gasteiger partial charge on any atom is -0.467 e. The molecule has 0 spiro atoms. The maximum Gasteiger partial charge on any atom is 0.408 e. The average Bonchev–Trinajstić information content (AvgIpc) is 2.80. The molecule has 34 heavy (non-hydrogen) atoms. The number of methoxy groups -OCH3 is 1. The zero-order chi connectivity index (χ0) is 24.6. The Balaban J connectivity index is 1.58. The first-order chi connectivity index (χ1) is 16.2. The molecule has 3 rings (SSSR count). The van der Waals surface area contributed by atoms with Gasteiger partial charge in [0.25, 0.3) is 0 Å². The zero-order valence-electron chi connectivity index (χ0n) is 19.7. The molecule has 0 fully saturated rings. The molecule has 0 radical (unpaired) electrons. The van der Waals surface area contributed by atoms with E-state index in [1.165, 1.54) is 7.11 Å². The molecule has 0 aliphatic rings. The lowest BCUT2D eigenvalue weighted by Crippen LogP contribution is -2.45. The van der Waals surface area contributed by atoms with E-state index < -0.39 is 23.7 Å². The van der Waals surface area contributed by atoms with Crippen molar-refractivity contribution in [2.45, 2.75) is 38.8 Å². The van der Waals surface area contributed by atoms with Crippen molar-refractivity contribution in [2.75, 3.05) is 12.4 Å². The van der Waals surface area contributed by atoms with Crippen molar-refractivity contribution in [2.24, 2.45) is 0 Å². The highest BCUT2D eigenvalue weighted by Crippen LogP contribution is 2.25. The number of ether oxygens (including phenoxy) is 3. The smallest absolute Gasteiger partial charge is 0.408 e. The Kier molecular flexibility index (Phi) is 8.08. The van der Waals surface area contributed by atoms with Gasteiger partial charge in [-0.25, -0.2) is 14.6 Å². The third-order valence-corrected chi connectivity index (χ3v) is 4.57. The highest BCUT2D eigenvalue weighted by atomic mass is 16.6. The van der Waals surface area contributed by atoms with Crippen molar-refractivity contribution in [1.29, 1.82) is 0 Å². The Bertz CT molecular complexity index is 1080. The molecule has 2 aromatic carbocycles. The second-order valence-corrected chi connectivity index (χ2v) is 8.54. The van der Waals surface area contributed by atoms with Crippen LogP contribution in [0.25, 0.3) is 0 Å². The molecule has 3 aromatic rings. The predicted octanol–water partition coefficient (Wildman–Crippen LogP) is 5.23. The fourth-order valence-electron chi connectivity index (χ4n) is 3.04. The van der Waals surface area contributed by atoms with E-state index in [1.807, 2.05) is 54.6 Å². The van der Waals surface area contributed by atoms with E-state index in [9.17, 15) is 9.59 Å².